The van der Waals surface area contributed by atoms with Gasteiger partial charge in [0, 0.05) is 44.6 Å². The summed E-state index contributed by atoms with van der Waals surface area (Å²) >= 11 is 0. The Morgan fingerprint density at radius 1 is 1.09 bits per heavy atom. The van der Waals surface area contributed by atoms with E-state index in [9.17, 15) is 14.4 Å². The molecule has 0 bridgehead atoms. The highest BCUT2D eigenvalue weighted by molar-refractivity contribution is 6.02. The number of piperidine rings is 1. The molecule has 5 rings (SSSR count). The number of ether oxygens (including phenoxy) is 1. The van der Waals surface area contributed by atoms with Crippen molar-refractivity contribution in [2.45, 2.75) is 65.4 Å². The minimum atomic E-state index is -0.546. The predicted octanol–water partition coefficient (Wildman–Crippen LogP) is 4.55. The number of anilines is 1. The molecule has 0 N–H and O–H groups in total. The number of ketones is 1. The largest absolute Gasteiger partial charge is 0.486 e. The molecule has 1 unspecified atom stereocenters. The van der Waals surface area contributed by atoms with Crippen LogP contribution in [0.5, 0.6) is 5.75 Å². The van der Waals surface area contributed by atoms with Crippen LogP contribution in [0.2, 0.25) is 0 Å². The van der Waals surface area contributed by atoms with Gasteiger partial charge in [-0.2, -0.15) is 0 Å². The van der Waals surface area contributed by atoms with E-state index >= 15 is 0 Å². The molecule has 2 saturated heterocycles. The molecule has 1 atom stereocenters. The molecule has 184 valence electrons. The van der Waals surface area contributed by atoms with E-state index in [1.807, 2.05) is 54.8 Å². The van der Waals surface area contributed by atoms with Gasteiger partial charge in [0.05, 0.1) is 17.9 Å². The van der Waals surface area contributed by atoms with Gasteiger partial charge in [-0.3, -0.25) is 14.4 Å². The second kappa shape index (κ2) is 8.81. The van der Waals surface area contributed by atoms with Crippen LogP contribution in [0.25, 0.3) is 0 Å². The fourth-order valence-electron chi connectivity index (χ4n) is 6.17. The molecule has 2 fully saturated rings. The number of likely N-dealkylation sites (tertiary alicyclic amines) is 1. The monoisotopic (exact) mass is 474 g/mol. The lowest BCUT2D eigenvalue weighted by molar-refractivity contribution is -0.139. The van der Waals surface area contributed by atoms with Crippen molar-refractivity contribution >= 4 is 23.3 Å². The maximum Gasteiger partial charge on any atom is 0.228 e. The Labute approximate surface area is 207 Å². The molecular formula is C29H34N2O4. The van der Waals surface area contributed by atoms with Crippen molar-refractivity contribution in [3.05, 3.63) is 58.1 Å². The average Bonchev–Trinajstić information content (AvgIpc) is 3.19. The average molecular weight is 475 g/mol. The highest BCUT2D eigenvalue weighted by Gasteiger charge is 2.46. The van der Waals surface area contributed by atoms with Crippen LogP contribution in [0.4, 0.5) is 5.69 Å². The Bertz CT molecular complexity index is 1210. The maximum absolute atomic E-state index is 13.4. The first-order valence-electron chi connectivity index (χ1n) is 12.7. The fraction of sp³-hybridized carbons (Fsp3) is 0.483. The molecule has 35 heavy (non-hydrogen) atoms. The van der Waals surface area contributed by atoms with Crippen molar-refractivity contribution in [3.63, 3.8) is 0 Å². The number of hydrogen-bond donors (Lipinski definition) is 0. The first-order valence-corrected chi connectivity index (χ1v) is 12.7. The van der Waals surface area contributed by atoms with Crippen molar-refractivity contribution in [2.24, 2.45) is 5.92 Å². The second-order valence-corrected chi connectivity index (χ2v) is 10.5. The zero-order valence-corrected chi connectivity index (χ0v) is 21.1. The van der Waals surface area contributed by atoms with E-state index in [1.54, 1.807) is 0 Å². The van der Waals surface area contributed by atoms with Gasteiger partial charge in [-0.05, 0) is 55.5 Å². The molecule has 0 aliphatic carbocycles. The highest BCUT2D eigenvalue weighted by Crippen LogP contribution is 2.41. The molecule has 3 heterocycles. The summed E-state index contributed by atoms with van der Waals surface area (Å²) in [5.74, 6) is 0.535. The Morgan fingerprint density at radius 2 is 1.83 bits per heavy atom. The molecular weight excluding hydrogens is 440 g/mol. The quantitative estimate of drug-likeness (QED) is 0.654. The van der Waals surface area contributed by atoms with Crippen LogP contribution in [0.15, 0.2) is 30.3 Å². The van der Waals surface area contributed by atoms with Crippen LogP contribution in [0.3, 0.4) is 0 Å². The van der Waals surface area contributed by atoms with Gasteiger partial charge in [0.25, 0.3) is 0 Å². The van der Waals surface area contributed by atoms with Gasteiger partial charge < -0.3 is 14.5 Å². The third kappa shape index (κ3) is 4.13. The normalized spacial score (nSPS) is 21.3. The molecule has 0 saturated carbocycles. The van der Waals surface area contributed by atoms with Gasteiger partial charge in [-0.15, -0.1) is 0 Å². The summed E-state index contributed by atoms with van der Waals surface area (Å²) in [6, 6.07) is 10.1. The van der Waals surface area contributed by atoms with Gasteiger partial charge in [-0.1, -0.05) is 31.2 Å². The first-order chi connectivity index (χ1) is 16.7. The van der Waals surface area contributed by atoms with Crippen molar-refractivity contribution in [1.82, 2.24) is 4.90 Å². The third-order valence-corrected chi connectivity index (χ3v) is 7.96. The van der Waals surface area contributed by atoms with Crippen molar-refractivity contribution < 1.29 is 19.1 Å². The number of nitrogens with zero attached hydrogens (tertiary/aromatic N) is 2. The molecule has 6 heteroatoms. The smallest absolute Gasteiger partial charge is 0.228 e. The molecule has 2 amide bonds. The van der Waals surface area contributed by atoms with Gasteiger partial charge in [0.15, 0.2) is 5.78 Å². The summed E-state index contributed by atoms with van der Waals surface area (Å²) in [5.41, 5.74) is 5.36. The third-order valence-electron chi connectivity index (χ3n) is 7.96. The molecule has 0 radical (unpaired) electrons. The Balaban J connectivity index is 1.27. The Hall–Kier alpha value is -3.15. The van der Waals surface area contributed by atoms with Crippen LogP contribution < -0.4 is 9.64 Å². The van der Waals surface area contributed by atoms with E-state index in [-0.39, 0.29) is 29.9 Å². The zero-order chi connectivity index (χ0) is 24.9. The number of Topliss-reactive ketones (excluding diaryl/α,β-unsaturated/α-hetero) is 1. The van der Waals surface area contributed by atoms with E-state index in [4.69, 9.17) is 4.74 Å². The first kappa shape index (κ1) is 23.6. The molecule has 2 aromatic carbocycles. The van der Waals surface area contributed by atoms with Crippen LogP contribution in [-0.2, 0) is 16.0 Å². The van der Waals surface area contributed by atoms with Gasteiger partial charge in [0.1, 0.15) is 11.4 Å². The van der Waals surface area contributed by atoms with Crippen LogP contribution in [0.1, 0.15) is 65.2 Å². The van der Waals surface area contributed by atoms with Crippen molar-refractivity contribution in [2.75, 3.05) is 24.5 Å². The fourth-order valence-corrected chi connectivity index (χ4v) is 6.17. The number of fused-ring (bicyclic) bond motifs is 1. The number of benzene rings is 2. The molecule has 0 aromatic heterocycles. The summed E-state index contributed by atoms with van der Waals surface area (Å²) < 4.78 is 6.46. The van der Waals surface area contributed by atoms with Crippen LogP contribution in [0, 0.1) is 26.7 Å². The SMILES string of the molecule is CCc1cccc(C)c1N1CC(C(=O)N2CCC3(CC2)CC(=O)c2c(C)cc(C)cc2O3)CC1=O. The number of para-hydroxylation sites is 1. The van der Waals surface area contributed by atoms with E-state index in [0.29, 0.717) is 50.2 Å². The molecule has 3 aliphatic rings. The Morgan fingerprint density at radius 3 is 2.54 bits per heavy atom. The summed E-state index contributed by atoms with van der Waals surface area (Å²) in [5, 5.41) is 0. The van der Waals surface area contributed by atoms with Crippen molar-refractivity contribution in [3.8, 4) is 5.75 Å². The maximum atomic E-state index is 13.4. The number of hydrogen-bond acceptors (Lipinski definition) is 4. The molecule has 2 aromatic rings. The lowest BCUT2D eigenvalue weighted by Gasteiger charge is -2.44. The molecule has 1 spiro atoms. The summed E-state index contributed by atoms with van der Waals surface area (Å²) in [6.45, 7) is 9.59. The van der Waals surface area contributed by atoms with E-state index in [2.05, 4.69) is 13.0 Å². The van der Waals surface area contributed by atoms with Gasteiger partial charge in [-0.25, -0.2) is 0 Å². The lowest BCUT2D eigenvalue weighted by Crippen LogP contribution is -2.53. The summed E-state index contributed by atoms with van der Waals surface area (Å²) in [7, 11) is 0. The van der Waals surface area contributed by atoms with Gasteiger partial charge >= 0.3 is 0 Å². The molecule has 6 nitrogen and oxygen atoms in total. The standard InChI is InChI=1S/C29H34N2O4/c1-5-21-8-6-7-19(3)27(21)31-17-22(15-25(31)33)28(34)30-11-9-29(10-12-30)16-23(32)26-20(4)13-18(2)14-24(26)35-29/h6-8,13-14,22H,5,9-12,15-17H2,1-4H3. The number of carbonyl (C=O) groups excluding carboxylic acids is 3. The minimum Gasteiger partial charge on any atom is -0.486 e. The topological polar surface area (TPSA) is 66.9 Å². The number of rotatable bonds is 3. The highest BCUT2D eigenvalue weighted by atomic mass is 16.5. The van der Waals surface area contributed by atoms with E-state index in [0.717, 1.165) is 34.4 Å². The predicted molar refractivity (Wildman–Crippen MR) is 135 cm³/mol. The van der Waals surface area contributed by atoms with Crippen LogP contribution in [-0.4, -0.2) is 47.7 Å². The van der Waals surface area contributed by atoms with Crippen LogP contribution >= 0.6 is 0 Å². The van der Waals surface area contributed by atoms with E-state index < -0.39 is 5.60 Å². The van der Waals surface area contributed by atoms with Gasteiger partial charge in [0.2, 0.25) is 11.8 Å². The number of amides is 2. The number of aryl methyl sites for hydroxylation is 4. The minimum absolute atomic E-state index is 0.0180. The van der Waals surface area contributed by atoms with Crippen molar-refractivity contribution in [1.29, 1.82) is 0 Å². The van der Waals surface area contributed by atoms with E-state index in [1.165, 1.54) is 0 Å². The second-order valence-electron chi connectivity index (χ2n) is 10.5. The Kier molecular flexibility index (Phi) is 5.94. The summed E-state index contributed by atoms with van der Waals surface area (Å²) in [4.78, 5) is 43.0. The lowest BCUT2D eigenvalue weighted by atomic mass is 9.81. The number of carbonyl (C=O) groups is 3. The summed E-state index contributed by atoms with van der Waals surface area (Å²) in [6.07, 6.45) is 2.69. The molecule has 3 aliphatic heterocycles. The zero-order valence-electron chi connectivity index (χ0n) is 21.1.